The zero-order valence-electron chi connectivity index (χ0n) is 17.0. The number of thiophene rings is 1. The van der Waals surface area contributed by atoms with Crippen LogP contribution in [0.1, 0.15) is 43.4 Å². The van der Waals surface area contributed by atoms with Gasteiger partial charge in [-0.2, -0.15) is 0 Å². The Morgan fingerprint density at radius 3 is 2.29 bits per heavy atom. The average Bonchev–Trinajstić information content (AvgIpc) is 2.92. The molecule has 3 aromatic rings. The molecule has 0 unspecified atom stereocenters. The van der Waals surface area contributed by atoms with Crippen LogP contribution in [-0.4, -0.2) is 28.3 Å². The van der Waals surface area contributed by atoms with Gasteiger partial charge < -0.3 is 10.6 Å². The van der Waals surface area contributed by atoms with Gasteiger partial charge in [0, 0.05) is 16.8 Å². The first-order valence-electron chi connectivity index (χ1n) is 9.07. The van der Waals surface area contributed by atoms with Gasteiger partial charge in [-0.05, 0) is 58.2 Å². The lowest BCUT2D eigenvalue weighted by atomic mass is 10.1. The van der Waals surface area contributed by atoms with E-state index >= 15 is 0 Å². The fourth-order valence-corrected chi connectivity index (χ4v) is 4.69. The van der Waals surface area contributed by atoms with Gasteiger partial charge >= 0.3 is 0 Å². The molecular weight excluding hydrogens is 372 g/mol. The number of aryl methyl sites for hydroxylation is 6. The molecule has 146 valence electrons. The van der Waals surface area contributed by atoms with Gasteiger partial charge in [0.1, 0.15) is 10.7 Å². The number of rotatable bonds is 4. The van der Waals surface area contributed by atoms with E-state index in [9.17, 15) is 9.59 Å². The van der Waals surface area contributed by atoms with Gasteiger partial charge in [-0.15, -0.1) is 11.3 Å². The van der Waals surface area contributed by atoms with Crippen molar-refractivity contribution < 1.29 is 9.59 Å². The van der Waals surface area contributed by atoms with Crippen molar-refractivity contribution >= 4 is 39.1 Å². The smallest absolute Gasteiger partial charge is 0.262 e. The van der Waals surface area contributed by atoms with Crippen LogP contribution < -0.4 is 10.6 Å². The lowest BCUT2D eigenvalue weighted by molar-refractivity contribution is -0.115. The van der Waals surface area contributed by atoms with E-state index in [-0.39, 0.29) is 18.4 Å². The van der Waals surface area contributed by atoms with Gasteiger partial charge in [0.2, 0.25) is 5.91 Å². The van der Waals surface area contributed by atoms with E-state index < -0.39 is 0 Å². The maximum absolute atomic E-state index is 12.6. The van der Waals surface area contributed by atoms with Crippen molar-refractivity contribution in [1.82, 2.24) is 15.3 Å². The molecule has 0 aliphatic rings. The molecule has 2 heterocycles. The third-order valence-electron chi connectivity index (χ3n) is 4.64. The second-order valence-corrected chi connectivity index (χ2v) is 8.10. The summed E-state index contributed by atoms with van der Waals surface area (Å²) in [5.41, 5.74) is 5.65. The summed E-state index contributed by atoms with van der Waals surface area (Å²) >= 11 is 1.33. The molecule has 1 aromatic carbocycles. The second-order valence-electron chi connectivity index (χ2n) is 7.10. The number of aromatic nitrogens is 2. The first-order valence-corrected chi connectivity index (χ1v) is 9.89. The lowest BCUT2D eigenvalue weighted by Gasteiger charge is -2.13. The zero-order valence-corrected chi connectivity index (χ0v) is 17.8. The Morgan fingerprint density at radius 2 is 1.64 bits per heavy atom. The van der Waals surface area contributed by atoms with E-state index in [0.717, 1.165) is 43.9 Å². The monoisotopic (exact) mass is 396 g/mol. The SMILES string of the molecule is Cc1cc(C)c(NC(=O)CNC(=O)c2sc3nc(C)nc(C)c3c2C)c(C)c1. The van der Waals surface area contributed by atoms with Crippen molar-refractivity contribution in [1.29, 1.82) is 0 Å². The summed E-state index contributed by atoms with van der Waals surface area (Å²) in [6.07, 6.45) is 0. The van der Waals surface area contributed by atoms with E-state index in [1.807, 2.05) is 53.7 Å². The number of fused-ring (bicyclic) bond motifs is 1. The molecule has 2 aromatic heterocycles. The molecule has 0 spiro atoms. The van der Waals surface area contributed by atoms with Crippen LogP contribution in [0.2, 0.25) is 0 Å². The number of anilines is 1. The van der Waals surface area contributed by atoms with Gasteiger partial charge in [0.15, 0.2) is 0 Å². The molecule has 28 heavy (non-hydrogen) atoms. The summed E-state index contributed by atoms with van der Waals surface area (Å²) in [6.45, 7) is 11.5. The highest BCUT2D eigenvalue weighted by molar-refractivity contribution is 7.20. The highest BCUT2D eigenvalue weighted by atomic mass is 32.1. The Balaban J connectivity index is 1.72. The predicted octanol–water partition coefficient (Wildman–Crippen LogP) is 3.91. The van der Waals surface area contributed by atoms with Crippen molar-refractivity contribution in [3.63, 3.8) is 0 Å². The van der Waals surface area contributed by atoms with Crippen LogP contribution >= 0.6 is 11.3 Å². The Hall–Kier alpha value is -2.80. The van der Waals surface area contributed by atoms with E-state index in [1.165, 1.54) is 11.3 Å². The van der Waals surface area contributed by atoms with Crippen LogP contribution in [0.5, 0.6) is 0 Å². The number of carbonyl (C=O) groups is 2. The van der Waals surface area contributed by atoms with E-state index in [4.69, 9.17) is 0 Å². The molecule has 0 atom stereocenters. The van der Waals surface area contributed by atoms with Crippen molar-refractivity contribution in [3.05, 3.63) is 50.8 Å². The minimum absolute atomic E-state index is 0.0943. The van der Waals surface area contributed by atoms with Crippen molar-refractivity contribution in [3.8, 4) is 0 Å². The normalized spacial score (nSPS) is 10.9. The maximum atomic E-state index is 12.6. The minimum Gasteiger partial charge on any atom is -0.342 e. The van der Waals surface area contributed by atoms with Gasteiger partial charge in [-0.1, -0.05) is 17.7 Å². The van der Waals surface area contributed by atoms with Crippen molar-refractivity contribution in [2.24, 2.45) is 0 Å². The summed E-state index contributed by atoms with van der Waals surface area (Å²) in [4.78, 5) is 35.1. The molecule has 7 heteroatoms. The number of nitrogens with one attached hydrogen (secondary N) is 2. The highest BCUT2D eigenvalue weighted by Crippen LogP contribution is 2.31. The molecule has 2 N–H and O–H groups in total. The van der Waals surface area contributed by atoms with E-state index in [0.29, 0.717) is 10.7 Å². The van der Waals surface area contributed by atoms with E-state index in [1.54, 1.807) is 0 Å². The quantitative estimate of drug-likeness (QED) is 0.700. The maximum Gasteiger partial charge on any atom is 0.262 e. The van der Waals surface area contributed by atoms with E-state index in [2.05, 4.69) is 20.6 Å². The molecule has 0 aliphatic heterocycles. The van der Waals surface area contributed by atoms with Gasteiger partial charge in [0.05, 0.1) is 11.4 Å². The largest absolute Gasteiger partial charge is 0.342 e. The molecule has 0 radical (unpaired) electrons. The molecule has 0 fully saturated rings. The third kappa shape index (κ3) is 3.89. The summed E-state index contributed by atoms with van der Waals surface area (Å²) in [5, 5.41) is 6.53. The zero-order chi connectivity index (χ0) is 20.6. The number of carbonyl (C=O) groups excluding carboxylic acids is 2. The summed E-state index contributed by atoms with van der Waals surface area (Å²) in [7, 11) is 0. The molecule has 0 saturated carbocycles. The van der Waals surface area contributed by atoms with Crippen molar-refractivity contribution in [2.75, 3.05) is 11.9 Å². The number of amides is 2. The second kappa shape index (κ2) is 7.67. The Bertz CT molecular complexity index is 1080. The van der Waals surface area contributed by atoms with Gasteiger partial charge in [0.25, 0.3) is 5.91 Å². The lowest BCUT2D eigenvalue weighted by Crippen LogP contribution is -2.33. The Labute approximate surface area is 168 Å². The first kappa shape index (κ1) is 19.9. The molecule has 0 aliphatic carbocycles. The number of nitrogens with zero attached hydrogens (tertiary/aromatic N) is 2. The highest BCUT2D eigenvalue weighted by Gasteiger charge is 2.19. The summed E-state index contributed by atoms with van der Waals surface area (Å²) < 4.78 is 0. The standard InChI is InChI=1S/C21H24N4O2S/c1-10-7-11(2)18(12(3)8-10)25-16(26)9-22-20(27)19-13(4)17-14(5)23-15(6)24-21(17)28-19/h7-8H,9H2,1-6H3,(H,22,27)(H,25,26). The van der Waals surface area contributed by atoms with Crippen LogP contribution in [-0.2, 0) is 4.79 Å². The molecule has 2 amide bonds. The van der Waals surface area contributed by atoms with Crippen molar-refractivity contribution in [2.45, 2.75) is 41.5 Å². The Kier molecular flexibility index (Phi) is 5.47. The van der Waals surface area contributed by atoms with Crippen LogP contribution in [0.4, 0.5) is 5.69 Å². The molecule has 6 nitrogen and oxygen atoms in total. The van der Waals surface area contributed by atoms with Crippen LogP contribution in [0.25, 0.3) is 10.2 Å². The first-order chi connectivity index (χ1) is 13.2. The predicted molar refractivity (Wildman–Crippen MR) is 113 cm³/mol. The summed E-state index contributed by atoms with van der Waals surface area (Å²) in [6, 6.07) is 4.04. The fourth-order valence-electron chi connectivity index (χ4n) is 3.49. The van der Waals surface area contributed by atoms with Gasteiger partial charge in [-0.3, -0.25) is 9.59 Å². The molecule has 3 rings (SSSR count). The Morgan fingerprint density at radius 1 is 1.00 bits per heavy atom. The molecule has 0 saturated heterocycles. The third-order valence-corrected chi connectivity index (χ3v) is 5.82. The van der Waals surface area contributed by atoms with Gasteiger partial charge in [-0.25, -0.2) is 9.97 Å². The summed E-state index contributed by atoms with van der Waals surface area (Å²) in [5.74, 6) is 0.153. The fraction of sp³-hybridized carbons (Fsp3) is 0.333. The molecule has 0 bridgehead atoms. The average molecular weight is 397 g/mol. The van der Waals surface area contributed by atoms with Crippen LogP contribution in [0.3, 0.4) is 0 Å². The topological polar surface area (TPSA) is 84.0 Å². The number of hydrogen-bond acceptors (Lipinski definition) is 5. The minimum atomic E-state index is -0.273. The molecular formula is C21H24N4O2S. The number of hydrogen-bond donors (Lipinski definition) is 2. The van der Waals surface area contributed by atoms with Crippen LogP contribution in [0.15, 0.2) is 12.1 Å². The number of benzene rings is 1. The van der Waals surface area contributed by atoms with Crippen LogP contribution in [0, 0.1) is 41.5 Å².